The molecular weight excluding hydrogens is 416 g/mol. The molecule has 8 aliphatic carbocycles. The van der Waals surface area contributed by atoms with Crippen LogP contribution in [0.5, 0.6) is 0 Å². The molecule has 0 heterocycles. The summed E-state index contributed by atoms with van der Waals surface area (Å²) in [7, 11) is 8.88. The van der Waals surface area contributed by atoms with Crippen molar-refractivity contribution < 1.29 is 38.0 Å². The smallest absolute Gasteiger partial charge is 0.235 e. The zero-order valence-corrected chi connectivity index (χ0v) is 19.6. The van der Waals surface area contributed by atoms with Gasteiger partial charge in [-0.15, -0.1) is 13.2 Å². The minimum atomic E-state index is -1.66. The predicted octanol–water partition coefficient (Wildman–Crippen LogP) is 1.53. The van der Waals surface area contributed by atoms with Crippen molar-refractivity contribution in [3.63, 3.8) is 0 Å². The summed E-state index contributed by atoms with van der Waals surface area (Å²) < 4.78 is 36.2. The Morgan fingerprint density at radius 2 is 0.938 bits per heavy atom. The van der Waals surface area contributed by atoms with Crippen LogP contribution in [0.25, 0.3) is 0 Å². The molecule has 8 atom stereocenters. The predicted molar refractivity (Wildman–Crippen MR) is 111 cm³/mol. The van der Waals surface area contributed by atoms with E-state index in [1.54, 1.807) is 26.4 Å². The van der Waals surface area contributed by atoms with Gasteiger partial charge in [-0.1, -0.05) is 12.2 Å². The number of Topliss-reactive ketones (excluding diaryl/α,β-unsaturated/α-hetero) is 2. The molecule has 176 valence electrons. The van der Waals surface area contributed by atoms with Crippen LogP contribution in [-0.4, -0.2) is 77.0 Å². The molecule has 0 aliphatic heterocycles. The number of ether oxygens (including phenoxy) is 6. The lowest BCUT2D eigenvalue weighted by molar-refractivity contribution is -0.564. The van der Waals surface area contributed by atoms with Crippen LogP contribution in [0.1, 0.15) is 12.8 Å². The molecule has 8 nitrogen and oxygen atoms in total. The SMILES string of the molecule is C=CC[C@]12[C@@H]3[C@@H]4C(OC)(OC)C(=O)[C@@]1(OC)[C@@H]1[C@H]2[C@](OC)(C(=O)C3(OC)OC)[C@]41CC=C. The van der Waals surface area contributed by atoms with E-state index >= 15 is 0 Å². The van der Waals surface area contributed by atoms with Gasteiger partial charge >= 0.3 is 0 Å². The van der Waals surface area contributed by atoms with Gasteiger partial charge in [-0.05, 0) is 12.8 Å². The van der Waals surface area contributed by atoms with E-state index in [0.717, 1.165) is 0 Å². The molecule has 0 aromatic rings. The number of fused-ring (bicyclic) bond motifs is 2. The molecule has 8 rings (SSSR count). The molecule has 0 saturated heterocycles. The summed E-state index contributed by atoms with van der Waals surface area (Å²) in [4.78, 5) is 28.5. The average molecular weight is 449 g/mol. The molecule has 8 heteroatoms. The summed E-state index contributed by atoms with van der Waals surface area (Å²) in [6.07, 6.45) is 4.41. The summed E-state index contributed by atoms with van der Waals surface area (Å²) in [5.41, 5.74) is -4.19. The van der Waals surface area contributed by atoms with Crippen LogP contribution < -0.4 is 0 Å². The highest BCUT2D eigenvalue weighted by molar-refractivity contribution is 6.09. The van der Waals surface area contributed by atoms with Crippen molar-refractivity contribution in [3.05, 3.63) is 25.3 Å². The van der Waals surface area contributed by atoms with E-state index in [1.807, 2.05) is 0 Å². The van der Waals surface area contributed by atoms with Gasteiger partial charge in [0.1, 0.15) is 11.2 Å². The zero-order chi connectivity index (χ0) is 23.5. The van der Waals surface area contributed by atoms with Gasteiger partial charge in [-0.2, -0.15) is 0 Å². The van der Waals surface area contributed by atoms with Gasteiger partial charge in [0.2, 0.25) is 23.1 Å². The fourth-order valence-electron chi connectivity index (χ4n) is 9.86. The Balaban J connectivity index is 1.96. The van der Waals surface area contributed by atoms with Gasteiger partial charge in [-0.3, -0.25) is 9.59 Å². The Morgan fingerprint density at radius 3 is 1.16 bits per heavy atom. The van der Waals surface area contributed by atoms with E-state index in [2.05, 4.69) is 13.2 Å². The molecule has 0 spiro atoms. The van der Waals surface area contributed by atoms with Crippen molar-refractivity contribution in [3.8, 4) is 0 Å². The largest absolute Gasteiger partial charge is 0.369 e. The number of carbonyl (C=O) groups is 2. The third kappa shape index (κ3) is 1.45. The van der Waals surface area contributed by atoms with Crippen LogP contribution in [0.15, 0.2) is 25.3 Å². The van der Waals surface area contributed by atoms with Gasteiger partial charge < -0.3 is 28.4 Å². The van der Waals surface area contributed by atoms with E-state index in [-0.39, 0.29) is 23.4 Å². The van der Waals surface area contributed by atoms with Crippen molar-refractivity contribution in [1.29, 1.82) is 0 Å². The summed E-state index contributed by atoms with van der Waals surface area (Å²) >= 11 is 0. The van der Waals surface area contributed by atoms with Gasteiger partial charge in [0, 0.05) is 77.2 Å². The molecule has 0 aromatic heterocycles. The molecule has 8 aliphatic rings. The Labute approximate surface area is 188 Å². The molecule has 8 fully saturated rings. The Kier molecular flexibility index (Phi) is 4.31. The second kappa shape index (κ2) is 6.17. The average Bonchev–Trinajstić information content (AvgIpc) is 2.79. The lowest BCUT2D eigenvalue weighted by atomic mass is 9.06. The van der Waals surface area contributed by atoms with Crippen LogP contribution in [0.4, 0.5) is 0 Å². The first kappa shape index (κ1) is 22.4. The number of rotatable bonds is 10. The first-order valence-corrected chi connectivity index (χ1v) is 10.9. The van der Waals surface area contributed by atoms with Crippen LogP contribution in [0.2, 0.25) is 0 Å². The summed E-state index contributed by atoms with van der Waals surface area (Å²) in [5.74, 6) is -5.54. The number of ketones is 2. The highest BCUT2D eigenvalue weighted by Crippen LogP contribution is 2.98. The lowest BCUT2D eigenvalue weighted by Gasteiger charge is -2.98. The van der Waals surface area contributed by atoms with Crippen LogP contribution in [-0.2, 0) is 38.0 Å². The van der Waals surface area contributed by atoms with Crippen LogP contribution >= 0.6 is 0 Å². The quantitative estimate of drug-likeness (QED) is 0.367. The lowest BCUT2D eigenvalue weighted by Crippen LogP contribution is -3.11. The van der Waals surface area contributed by atoms with Gasteiger partial charge in [0.05, 0.1) is 0 Å². The fourth-order valence-corrected chi connectivity index (χ4v) is 9.86. The van der Waals surface area contributed by atoms with Crippen LogP contribution in [0, 0.1) is 34.5 Å². The Hall–Kier alpha value is -1.42. The van der Waals surface area contributed by atoms with Gasteiger partial charge in [0.25, 0.3) is 0 Å². The molecule has 0 N–H and O–H groups in total. The Bertz CT molecular complexity index is 847. The van der Waals surface area contributed by atoms with E-state index < -0.39 is 45.4 Å². The Morgan fingerprint density at radius 1 is 0.625 bits per heavy atom. The van der Waals surface area contributed by atoms with Crippen molar-refractivity contribution >= 4 is 11.6 Å². The van der Waals surface area contributed by atoms with Crippen molar-refractivity contribution in [1.82, 2.24) is 0 Å². The minimum Gasteiger partial charge on any atom is -0.369 e. The molecule has 0 unspecified atom stereocenters. The highest BCUT2D eigenvalue weighted by Gasteiger charge is 3.10. The number of hydrogen-bond donors (Lipinski definition) is 0. The van der Waals surface area contributed by atoms with E-state index in [1.165, 1.54) is 28.4 Å². The van der Waals surface area contributed by atoms with Gasteiger partial charge in [-0.25, -0.2) is 0 Å². The van der Waals surface area contributed by atoms with Crippen molar-refractivity contribution in [2.45, 2.75) is 35.6 Å². The van der Waals surface area contributed by atoms with E-state index in [0.29, 0.717) is 12.8 Å². The normalized spacial score (nSPS) is 50.1. The van der Waals surface area contributed by atoms with Crippen molar-refractivity contribution in [2.24, 2.45) is 34.5 Å². The van der Waals surface area contributed by atoms with E-state index in [9.17, 15) is 9.59 Å². The second-order valence-electron chi connectivity index (χ2n) is 9.67. The maximum Gasteiger partial charge on any atom is 0.235 e. The third-order valence-electron chi connectivity index (χ3n) is 10.1. The monoisotopic (exact) mass is 448 g/mol. The molecular formula is C24H32O8. The highest BCUT2D eigenvalue weighted by atomic mass is 16.7. The van der Waals surface area contributed by atoms with E-state index in [4.69, 9.17) is 28.4 Å². The van der Waals surface area contributed by atoms with Crippen molar-refractivity contribution in [2.75, 3.05) is 42.7 Å². The summed E-state index contributed by atoms with van der Waals surface area (Å²) in [6, 6.07) is 0. The molecule has 0 radical (unpaired) electrons. The number of allylic oxidation sites excluding steroid dienone is 2. The minimum absolute atomic E-state index is 0.249. The number of carbonyl (C=O) groups excluding carboxylic acids is 2. The summed E-state index contributed by atoms with van der Waals surface area (Å²) in [6.45, 7) is 7.96. The molecule has 32 heavy (non-hydrogen) atoms. The maximum atomic E-state index is 14.3. The van der Waals surface area contributed by atoms with Crippen LogP contribution in [0.3, 0.4) is 0 Å². The number of methoxy groups -OCH3 is 6. The topological polar surface area (TPSA) is 89.5 Å². The fraction of sp³-hybridized carbons (Fsp3) is 0.750. The zero-order valence-electron chi connectivity index (χ0n) is 19.6. The molecule has 0 aromatic carbocycles. The molecule has 8 saturated carbocycles. The summed E-state index contributed by atoms with van der Waals surface area (Å²) in [5, 5.41) is 0. The van der Waals surface area contributed by atoms with Gasteiger partial charge in [0.15, 0.2) is 0 Å². The standard InChI is InChI=1S/C24H32O8/c1-9-11-19-13-14-20(12-10-2)16(24(31-7,32-8)17(25)21(14,19)27-3)15(19)23(29-5,30-6)18(26)22(13,20)28-4/h9-10,13-16H,1-2,11-12H2,3-8H3/t13-,14-,15+,16+,19+,20+,21+,22+/m1/s1. The third-order valence-corrected chi connectivity index (χ3v) is 10.1. The molecule has 0 amide bonds. The molecule has 8 bridgehead atoms. The first-order valence-electron chi connectivity index (χ1n) is 10.9. The second-order valence-corrected chi connectivity index (χ2v) is 9.67. The number of hydrogen-bond acceptors (Lipinski definition) is 8. The maximum absolute atomic E-state index is 14.3. The first-order chi connectivity index (χ1) is 15.3.